The van der Waals surface area contributed by atoms with Crippen LogP contribution in [0.2, 0.25) is 0 Å². The van der Waals surface area contributed by atoms with E-state index in [9.17, 15) is 14.9 Å². The van der Waals surface area contributed by atoms with Gasteiger partial charge in [-0.15, -0.1) is 0 Å². The second-order valence-electron chi connectivity index (χ2n) is 7.23. The predicted octanol–water partition coefficient (Wildman–Crippen LogP) is 5.44. The van der Waals surface area contributed by atoms with Gasteiger partial charge in [0.1, 0.15) is 18.1 Å². The van der Waals surface area contributed by atoms with Crippen molar-refractivity contribution >= 4 is 63.2 Å². The molecule has 1 aliphatic rings. The minimum Gasteiger partial charge on any atom is -0.487 e. The van der Waals surface area contributed by atoms with Crippen LogP contribution in [0.1, 0.15) is 22.3 Å². The lowest BCUT2D eigenvalue weighted by molar-refractivity contribution is -0.123. The second kappa shape index (κ2) is 10.4. The molecule has 1 fully saturated rings. The van der Waals surface area contributed by atoms with Crippen LogP contribution < -0.4 is 10.1 Å². The van der Waals surface area contributed by atoms with Crippen molar-refractivity contribution in [2.75, 3.05) is 0 Å². The SMILES string of the molecule is N#Cc1ccccc1COc1c(I)cc(I)cc1/C=C1/NC(=O)N(Cc2ccccc2)C1=O. The van der Waals surface area contributed by atoms with Crippen molar-refractivity contribution in [1.29, 1.82) is 5.26 Å². The third-order valence-corrected chi connectivity index (χ3v) is 6.42. The highest BCUT2D eigenvalue weighted by molar-refractivity contribution is 14.1. The van der Waals surface area contributed by atoms with E-state index in [1.165, 1.54) is 4.90 Å². The highest BCUT2D eigenvalue weighted by Crippen LogP contribution is 2.32. The number of nitrogens with one attached hydrogen (secondary N) is 1. The molecular weight excluding hydrogens is 644 g/mol. The number of imide groups is 1. The van der Waals surface area contributed by atoms with E-state index in [4.69, 9.17) is 4.74 Å². The fraction of sp³-hybridized carbons (Fsp3) is 0.0800. The van der Waals surface area contributed by atoms with Crippen molar-refractivity contribution in [3.8, 4) is 11.8 Å². The summed E-state index contributed by atoms with van der Waals surface area (Å²) in [5.74, 6) is 0.193. The maximum Gasteiger partial charge on any atom is 0.329 e. The van der Waals surface area contributed by atoms with Gasteiger partial charge in [-0.05, 0) is 75.0 Å². The summed E-state index contributed by atoms with van der Waals surface area (Å²) in [5, 5.41) is 12.0. The normalized spacial score (nSPS) is 14.3. The summed E-state index contributed by atoms with van der Waals surface area (Å²) in [6, 6.07) is 22.2. The molecule has 1 saturated heterocycles. The van der Waals surface area contributed by atoms with E-state index >= 15 is 0 Å². The number of nitrogens with zero attached hydrogens (tertiary/aromatic N) is 2. The molecule has 164 valence electrons. The van der Waals surface area contributed by atoms with Gasteiger partial charge in [0.2, 0.25) is 0 Å². The first-order valence-corrected chi connectivity index (χ1v) is 12.1. The van der Waals surface area contributed by atoms with Crippen molar-refractivity contribution in [1.82, 2.24) is 10.2 Å². The molecule has 0 aromatic heterocycles. The van der Waals surface area contributed by atoms with Gasteiger partial charge < -0.3 is 10.1 Å². The number of ether oxygens (including phenoxy) is 1. The van der Waals surface area contributed by atoms with Crippen LogP contribution in [0.3, 0.4) is 0 Å². The van der Waals surface area contributed by atoms with Crippen LogP contribution >= 0.6 is 45.2 Å². The fourth-order valence-corrected chi connectivity index (χ4v) is 5.43. The molecule has 3 aromatic rings. The monoisotopic (exact) mass is 661 g/mol. The summed E-state index contributed by atoms with van der Waals surface area (Å²) in [6.07, 6.45) is 1.64. The summed E-state index contributed by atoms with van der Waals surface area (Å²) in [4.78, 5) is 26.6. The Morgan fingerprint density at radius 1 is 1.03 bits per heavy atom. The molecule has 0 unspecified atom stereocenters. The molecule has 0 spiro atoms. The Morgan fingerprint density at radius 3 is 2.52 bits per heavy atom. The van der Waals surface area contributed by atoms with Gasteiger partial charge in [-0.25, -0.2) is 4.79 Å². The van der Waals surface area contributed by atoms with Gasteiger partial charge in [-0.2, -0.15) is 5.26 Å². The summed E-state index contributed by atoms with van der Waals surface area (Å²) in [7, 11) is 0. The second-order valence-corrected chi connectivity index (χ2v) is 9.64. The number of carbonyl (C=O) groups excluding carboxylic acids is 2. The van der Waals surface area contributed by atoms with Gasteiger partial charge in [-0.1, -0.05) is 48.5 Å². The van der Waals surface area contributed by atoms with E-state index in [1.54, 1.807) is 12.1 Å². The Hall–Kier alpha value is -2.91. The molecule has 3 aromatic carbocycles. The van der Waals surface area contributed by atoms with Crippen LogP contribution in [0.5, 0.6) is 5.75 Å². The number of nitriles is 1. The molecular formula is C25H17I2N3O3. The molecule has 8 heteroatoms. The summed E-state index contributed by atoms with van der Waals surface area (Å²) < 4.78 is 7.93. The number of urea groups is 1. The lowest BCUT2D eigenvalue weighted by Crippen LogP contribution is -2.30. The van der Waals surface area contributed by atoms with E-state index < -0.39 is 11.9 Å². The van der Waals surface area contributed by atoms with Crippen LogP contribution in [0, 0.1) is 18.5 Å². The van der Waals surface area contributed by atoms with Crippen molar-refractivity contribution in [3.63, 3.8) is 0 Å². The van der Waals surface area contributed by atoms with Crippen LogP contribution in [0.4, 0.5) is 4.79 Å². The third-order valence-electron chi connectivity index (χ3n) is 4.99. The number of hydrogen-bond donors (Lipinski definition) is 1. The summed E-state index contributed by atoms with van der Waals surface area (Å²) in [5.41, 5.74) is 3.05. The highest BCUT2D eigenvalue weighted by atomic mass is 127. The number of benzene rings is 3. The zero-order valence-corrected chi connectivity index (χ0v) is 21.5. The molecule has 1 heterocycles. The van der Waals surface area contributed by atoms with Crippen molar-refractivity contribution in [2.45, 2.75) is 13.2 Å². The standard InChI is InChI=1S/C25H17I2N3O3/c26-20-10-19(23(21(27)12-20)33-15-18-9-5-4-8-17(18)13-28)11-22-24(31)30(25(32)29-22)14-16-6-2-1-3-7-16/h1-12H,14-15H2,(H,29,32)/b22-11+. The molecule has 6 nitrogen and oxygen atoms in total. The Kier molecular flexibility index (Phi) is 7.29. The van der Waals surface area contributed by atoms with Crippen LogP contribution in [0.15, 0.2) is 72.4 Å². The molecule has 33 heavy (non-hydrogen) atoms. The van der Waals surface area contributed by atoms with E-state index in [2.05, 4.69) is 56.6 Å². The van der Waals surface area contributed by atoms with Gasteiger partial charge in [0, 0.05) is 14.7 Å². The largest absolute Gasteiger partial charge is 0.487 e. The smallest absolute Gasteiger partial charge is 0.329 e. The summed E-state index contributed by atoms with van der Waals surface area (Å²) in [6.45, 7) is 0.401. The lowest BCUT2D eigenvalue weighted by Gasteiger charge is -2.14. The van der Waals surface area contributed by atoms with Crippen molar-refractivity contribution in [2.24, 2.45) is 0 Å². The number of rotatable bonds is 6. The molecule has 0 aliphatic carbocycles. The molecule has 1 aliphatic heterocycles. The number of amides is 3. The molecule has 4 rings (SSSR count). The minimum absolute atomic E-state index is 0.191. The molecule has 0 bridgehead atoms. The molecule has 0 saturated carbocycles. The van der Waals surface area contributed by atoms with Gasteiger partial charge in [-0.3, -0.25) is 9.69 Å². The Bertz CT molecular complexity index is 1300. The van der Waals surface area contributed by atoms with E-state index in [1.807, 2.05) is 60.7 Å². The van der Waals surface area contributed by atoms with Crippen molar-refractivity contribution < 1.29 is 14.3 Å². The van der Waals surface area contributed by atoms with Crippen LogP contribution in [0.25, 0.3) is 6.08 Å². The topological polar surface area (TPSA) is 82.4 Å². The Morgan fingerprint density at radius 2 is 1.76 bits per heavy atom. The molecule has 0 radical (unpaired) electrons. The average Bonchev–Trinajstić information content (AvgIpc) is 3.06. The molecule has 3 amide bonds. The van der Waals surface area contributed by atoms with E-state index in [0.717, 1.165) is 18.3 Å². The van der Waals surface area contributed by atoms with Crippen LogP contribution in [-0.4, -0.2) is 16.8 Å². The third kappa shape index (κ3) is 5.36. The van der Waals surface area contributed by atoms with Gasteiger partial charge in [0.25, 0.3) is 5.91 Å². The van der Waals surface area contributed by atoms with Crippen molar-refractivity contribution in [3.05, 3.63) is 102 Å². The lowest BCUT2D eigenvalue weighted by atomic mass is 10.1. The van der Waals surface area contributed by atoms with E-state index in [0.29, 0.717) is 16.9 Å². The zero-order chi connectivity index (χ0) is 23.4. The summed E-state index contributed by atoms with van der Waals surface area (Å²) >= 11 is 4.38. The quantitative estimate of drug-likeness (QED) is 0.217. The zero-order valence-electron chi connectivity index (χ0n) is 17.2. The predicted molar refractivity (Wildman–Crippen MR) is 141 cm³/mol. The maximum absolute atomic E-state index is 13.0. The number of carbonyl (C=O) groups is 2. The van der Waals surface area contributed by atoms with Gasteiger partial charge in [0.05, 0.1) is 21.7 Å². The molecule has 1 N–H and O–H groups in total. The minimum atomic E-state index is -0.458. The fourth-order valence-electron chi connectivity index (χ4n) is 3.38. The van der Waals surface area contributed by atoms with Gasteiger partial charge >= 0.3 is 6.03 Å². The highest BCUT2D eigenvalue weighted by Gasteiger charge is 2.33. The number of hydrogen-bond acceptors (Lipinski definition) is 4. The first kappa shape index (κ1) is 23.3. The maximum atomic E-state index is 13.0. The average molecular weight is 661 g/mol. The van der Waals surface area contributed by atoms with E-state index in [-0.39, 0.29) is 18.8 Å². The number of halogens is 2. The first-order valence-electron chi connectivity index (χ1n) is 9.94. The van der Waals surface area contributed by atoms with Crippen LogP contribution in [-0.2, 0) is 17.9 Å². The molecule has 0 atom stereocenters. The Balaban J connectivity index is 1.61. The Labute approximate surface area is 218 Å². The first-order chi connectivity index (χ1) is 16.0. The van der Waals surface area contributed by atoms with Gasteiger partial charge in [0.15, 0.2) is 0 Å².